The molecule has 0 radical (unpaired) electrons. The van der Waals surface area contributed by atoms with Crippen LogP contribution < -0.4 is 4.90 Å². The Hall–Kier alpha value is -1.49. The lowest BCUT2D eigenvalue weighted by Crippen LogP contribution is -2.47. The van der Waals surface area contributed by atoms with Crippen molar-refractivity contribution in [2.24, 2.45) is 0 Å². The monoisotopic (exact) mass is 325 g/mol. The molecular weight excluding hydrogens is 302 g/mol. The van der Waals surface area contributed by atoms with E-state index in [9.17, 15) is 4.79 Å². The van der Waals surface area contributed by atoms with Gasteiger partial charge in [-0.25, -0.2) is 9.78 Å². The Morgan fingerprint density at radius 3 is 2.45 bits per heavy atom. The highest BCUT2D eigenvalue weighted by Gasteiger charge is 2.50. The van der Waals surface area contributed by atoms with Crippen molar-refractivity contribution in [1.29, 1.82) is 0 Å². The molecule has 22 heavy (non-hydrogen) atoms. The molecule has 0 N–H and O–H groups in total. The summed E-state index contributed by atoms with van der Waals surface area (Å²) in [5, 5.41) is 0.476. The van der Waals surface area contributed by atoms with Crippen LogP contribution in [0.15, 0.2) is 18.3 Å². The average molecular weight is 326 g/mol. The van der Waals surface area contributed by atoms with Gasteiger partial charge in [0.15, 0.2) is 0 Å². The second-order valence-electron chi connectivity index (χ2n) is 6.96. The Labute approximate surface area is 137 Å². The van der Waals surface area contributed by atoms with Crippen molar-refractivity contribution in [3.63, 3.8) is 0 Å². The van der Waals surface area contributed by atoms with Gasteiger partial charge in [0, 0.05) is 20.6 Å². The van der Waals surface area contributed by atoms with Crippen LogP contribution in [-0.2, 0) is 4.74 Å². The Morgan fingerprint density at radius 2 is 2.00 bits per heavy atom. The zero-order valence-corrected chi connectivity index (χ0v) is 14.6. The number of aromatic nitrogens is 1. The van der Waals surface area contributed by atoms with Crippen LogP contribution in [0.1, 0.15) is 33.6 Å². The van der Waals surface area contributed by atoms with Gasteiger partial charge in [0.2, 0.25) is 0 Å². The highest BCUT2D eigenvalue weighted by molar-refractivity contribution is 6.29. The SMILES string of the molecule is CN(CC1(N(C)C(=O)OC(C)(C)C)CC1)c1ccc(Cl)nc1. The second-order valence-corrected chi connectivity index (χ2v) is 7.35. The van der Waals surface area contributed by atoms with E-state index in [0.717, 1.165) is 25.1 Å². The molecule has 1 aromatic rings. The number of carbonyl (C=O) groups excluding carboxylic acids is 1. The van der Waals surface area contributed by atoms with Gasteiger partial charge in [-0.15, -0.1) is 0 Å². The van der Waals surface area contributed by atoms with Crippen LogP contribution in [0.3, 0.4) is 0 Å². The lowest BCUT2D eigenvalue weighted by molar-refractivity contribution is 0.0202. The summed E-state index contributed by atoms with van der Waals surface area (Å²) in [6.07, 6.45) is 3.43. The number of rotatable bonds is 4. The fraction of sp³-hybridized carbons (Fsp3) is 0.625. The van der Waals surface area contributed by atoms with Gasteiger partial charge in [0.25, 0.3) is 0 Å². The molecule has 0 spiro atoms. The van der Waals surface area contributed by atoms with Crippen molar-refractivity contribution in [2.45, 2.75) is 44.8 Å². The van der Waals surface area contributed by atoms with Gasteiger partial charge in [0.05, 0.1) is 17.4 Å². The number of amides is 1. The van der Waals surface area contributed by atoms with Crippen LogP contribution in [0, 0.1) is 0 Å². The van der Waals surface area contributed by atoms with E-state index >= 15 is 0 Å². The molecule has 1 aliphatic rings. The van der Waals surface area contributed by atoms with Crippen molar-refractivity contribution in [3.8, 4) is 0 Å². The number of nitrogens with zero attached hydrogens (tertiary/aromatic N) is 3. The zero-order valence-electron chi connectivity index (χ0n) is 13.9. The first kappa shape index (κ1) is 16.9. The summed E-state index contributed by atoms with van der Waals surface area (Å²) in [6.45, 7) is 6.38. The molecule has 1 heterocycles. The minimum absolute atomic E-state index is 0.156. The first-order valence-corrected chi connectivity index (χ1v) is 7.80. The Morgan fingerprint density at radius 1 is 1.36 bits per heavy atom. The van der Waals surface area contributed by atoms with Gasteiger partial charge < -0.3 is 14.5 Å². The molecule has 0 bridgehead atoms. The van der Waals surface area contributed by atoms with Crippen LogP contribution in [0.4, 0.5) is 10.5 Å². The van der Waals surface area contributed by atoms with Crippen LogP contribution in [0.2, 0.25) is 5.15 Å². The normalized spacial score (nSPS) is 16.1. The highest BCUT2D eigenvalue weighted by atomic mass is 35.5. The molecule has 122 valence electrons. The maximum absolute atomic E-state index is 12.3. The molecule has 6 heteroatoms. The third-order valence-electron chi connectivity index (χ3n) is 3.89. The van der Waals surface area contributed by atoms with Crippen molar-refractivity contribution in [1.82, 2.24) is 9.88 Å². The van der Waals surface area contributed by atoms with Crippen molar-refractivity contribution in [3.05, 3.63) is 23.5 Å². The lowest BCUT2D eigenvalue weighted by atomic mass is 10.2. The van der Waals surface area contributed by atoms with E-state index < -0.39 is 5.60 Å². The zero-order chi connectivity index (χ0) is 16.5. The number of anilines is 1. The maximum Gasteiger partial charge on any atom is 0.410 e. The molecule has 1 fully saturated rings. The molecule has 0 aromatic carbocycles. The number of hydrogen-bond donors (Lipinski definition) is 0. The molecule has 1 aliphatic carbocycles. The smallest absolute Gasteiger partial charge is 0.410 e. The molecule has 1 amide bonds. The molecule has 0 unspecified atom stereocenters. The first-order valence-electron chi connectivity index (χ1n) is 7.42. The van der Waals surface area contributed by atoms with E-state index in [4.69, 9.17) is 16.3 Å². The molecule has 0 atom stereocenters. The third kappa shape index (κ3) is 4.03. The van der Waals surface area contributed by atoms with Crippen LogP contribution in [0.5, 0.6) is 0 Å². The summed E-state index contributed by atoms with van der Waals surface area (Å²) >= 11 is 5.82. The topological polar surface area (TPSA) is 45.7 Å². The minimum Gasteiger partial charge on any atom is -0.444 e. The molecule has 0 saturated heterocycles. The summed E-state index contributed by atoms with van der Waals surface area (Å²) in [7, 11) is 3.81. The lowest BCUT2D eigenvalue weighted by Gasteiger charge is -2.34. The maximum atomic E-state index is 12.3. The van der Waals surface area contributed by atoms with Gasteiger partial charge >= 0.3 is 6.09 Å². The van der Waals surface area contributed by atoms with E-state index in [0.29, 0.717) is 5.15 Å². The van der Waals surface area contributed by atoms with Gasteiger partial charge in [-0.3, -0.25) is 0 Å². The first-order chi connectivity index (χ1) is 10.1. The van der Waals surface area contributed by atoms with Crippen molar-refractivity contribution in [2.75, 3.05) is 25.5 Å². The van der Waals surface area contributed by atoms with E-state index in [-0.39, 0.29) is 11.6 Å². The van der Waals surface area contributed by atoms with Crippen molar-refractivity contribution < 1.29 is 9.53 Å². The highest BCUT2D eigenvalue weighted by Crippen LogP contribution is 2.42. The van der Waals surface area contributed by atoms with Gasteiger partial charge in [-0.1, -0.05) is 11.6 Å². The third-order valence-corrected chi connectivity index (χ3v) is 4.11. The number of hydrogen-bond acceptors (Lipinski definition) is 4. The van der Waals surface area contributed by atoms with E-state index in [1.54, 1.807) is 17.2 Å². The van der Waals surface area contributed by atoms with Gasteiger partial charge in [-0.05, 0) is 45.7 Å². The Kier molecular flexibility index (Phi) is 4.57. The number of ether oxygens (including phenoxy) is 1. The molecule has 2 rings (SSSR count). The fourth-order valence-electron chi connectivity index (χ4n) is 2.39. The predicted molar refractivity (Wildman–Crippen MR) is 88.5 cm³/mol. The van der Waals surface area contributed by atoms with E-state index in [1.807, 2.05) is 40.9 Å². The molecule has 5 nitrogen and oxygen atoms in total. The van der Waals surface area contributed by atoms with E-state index in [2.05, 4.69) is 9.88 Å². The van der Waals surface area contributed by atoms with E-state index in [1.165, 1.54) is 0 Å². The van der Waals surface area contributed by atoms with Gasteiger partial charge in [-0.2, -0.15) is 0 Å². The van der Waals surface area contributed by atoms with Crippen LogP contribution >= 0.6 is 11.6 Å². The number of pyridine rings is 1. The number of halogens is 1. The fourth-order valence-corrected chi connectivity index (χ4v) is 2.51. The summed E-state index contributed by atoms with van der Waals surface area (Å²) in [4.78, 5) is 20.2. The quantitative estimate of drug-likeness (QED) is 0.794. The van der Waals surface area contributed by atoms with Gasteiger partial charge in [0.1, 0.15) is 10.8 Å². The Bertz CT molecular complexity index is 535. The standard InChI is InChI=1S/C16H24ClN3O2/c1-15(2,3)22-14(21)20(5)16(8-9-16)11-19(4)12-6-7-13(17)18-10-12/h6-7,10H,8-9,11H2,1-5H3. The molecular formula is C16H24ClN3O2. The molecule has 1 saturated carbocycles. The Balaban J connectivity index is 2.02. The second kappa shape index (κ2) is 5.95. The summed E-state index contributed by atoms with van der Waals surface area (Å²) in [6, 6.07) is 3.70. The summed E-state index contributed by atoms with van der Waals surface area (Å²) in [5.74, 6) is 0. The summed E-state index contributed by atoms with van der Waals surface area (Å²) in [5.41, 5.74) is 0.345. The number of likely N-dealkylation sites (N-methyl/N-ethyl adjacent to an activating group) is 2. The van der Waals surface area contributed by atoms with Crippen molar-refractivity contribution >= 4 is 23.4 Å². The average Bonchev–Trinajstić information content (AvgIpc) is 3.17. The summed E-state index contributed by atoms with van der Waals surface area (Å²) < 4.78 is 5.47. The predicted octanol–water partition coefficient (Wildman–Crippen LogP) is 3.57. The number of carbonyl (C=O) groups is 1. The van der Waals surface area contributed by atoms with Crippen LogP contribution in [-0.4, -0.2) is 47.8 Å². The molecule has 1 aromatic heterocycles. The van der Waals surface area contributed by atoms with Crippen LogP contribution in [0.25, 0.3) is 0 Å². The largest absolute Gasteiger partial charge is 0.444 e. The minimum atomic E-state index is -0.479. The molecule has 0 aliphatic heterocycles.